The zero-order valence-electron chi connectivity index (χ0n) is 7.41. The summed E-state index contributed by atoms with van der Waals surface area (Å²) in [7, 11) is 2.00. The van der Waals surface area contributed by atoms with Crippen molar-refractivity contribution in [3.63, 3.8) is 0 Å². The average molecular weight is 181 g/mol. The Morgan fingerprint density at radius 3 is 3.15 bits per heavy atom. The average Bonchev–Trinajstić information content (AvgIpc) is 2.51. The van der Waals surface area contributed by atoms with E-state index in [1.54, 1.807) is 6.26 Å². The molecule has 0 aromatic carbocycles. The predicted octanol–water partition coefficient (Wildman–Crippen LogP) is 0.852. The van der Waals surface area contributed by atoms with Crippen LogP contribution in [0.4, 0.5) is 0 Å². The number of furan rings is 1. The van der Waals surface area contributed by atoms with Gasteiger partial charge in [-0.15, -0.1) is 0 Å². The van der Waals surface area contributed by atoms with Gasteiger partial charge in [-0.25, -0.2) is 0 Å². The Bertz CT molecular complexity index is 343. The van der Waals surface area contributed by atoms with Crippen LogP contribution in [0.3, 0.4) is 0 Å². The number of hydrogen-bond acceptors (Lipinski definition) is 3. The summed E-state index contributed by atoms with van der Waals surface area (Å²) >= 11 is 0. The Balaban J connectivity index is 2.25. The zero-order chi connectivity index (χ0) is 9.42. The van der Waals surface area contributed by atoms with Crippen LogP contribution in [0.2, 0.25) is 0 Å². The normalized spacial score (nSPS) is 16.1. The van der Waals surface area contributed by atoms with E-state index >= 15 is 0 Å². The summed E-state index contributed by atoms with van der Waals surface area (Å²) in [5.41, 5.74) is 2.18. The van der Waals surface area contributed by atoms with E-state index in [0.717, 1.165) is 24.2 Å². The molecule has 2 heterocycles. The van der Waals surface area contributed by atoms with E-state index in [9.17, 15) is 4.79 Å². The van der Waals surface area contributed by atoms with Crippen LogP contribution in [-0.4, -0.2) is 23.0 Å². The topological polar surface area (TPSA) is 53.7 Å². The van der Waals surface area contributed by atoms with Crippen molar-refractivity contribution in [3.05, 3.63) is 23.2 Å². The molecule has 1 aliphatic rings. The van der Waals surface area contributed by atoms with Gasteiger partial charge >= 0.3 is 5.97 Å². The third-order valence-corrected chi connectivity index (χ3v) is 2.25. The molecule has 1 aromatic rings. The molecule has 0 amide bonds. The van der Waals surface area contributed by atoms with Gasteiger partial charge in [0.05, 0.1) is 6.26 Å². The second-order valence-electron chi connectivity index (χ2n) is 3.41. The summed E-state index contributed by atoms with van der Waals surface area (Å²) in [5, 5.41) is 8.61. The van der Waals surface area contributed by atoms with Gasteiger partial charge in [0.15, 0.2) is 0 Å². The van der Waals surface area contributed by atoms with E-state index in [4.69, 9.17) is 9.52 Å². The maximum absolute atomic E-state index is 10.5. The molecule has 13 heavy (non-hydrogen) atoms. The van der Waals surface area contributed by atoms with Crippen LogP contribution in [0.1, 0.15) is 16.9 Å². The minimum atomic E-state index is -0.841. The van der Waals surface area contributed by atoms with Gasteiger partial charge in [0.2, 0.25) is 0 Å². The number of rotatable bonds is 2. The first kappa shape index (κ1) is 8.31. The lowest BCUT2D eigenvalue weighted by Crippen LogP contribution is -2.09. The molecule has 4 heteroatoms. The Hall–Kier alpha value is -1.29. The van der Waals surface area contributed by atoms with Crippen molar-refractivity contribution < 1.29 is 14.3 Å². The quantitative estimate of drug-likeness (QED) is 0.735. The minimum absolute atomic E-state index is 0.0107. The summed E-state index contributed by atoms with van der Waals surface area (Å²) in [4.78, 5) is 12.6. The molecule has 2 rings (SSSR count). The van der Waals surface area contributed by atoms with Crippen LogP contribution in [0.15, 0.2) is 10.7 Å². The van der Waals surface area contributed by atoms with Gasteiger partial charge in [-0.2, -0.15) is 0 Å². The third kappa shape index (κ3) is 1.45. The van der Waals surface area contributed by atoms with Gasteiger partial charge in [0, 0.05) is 24.2 Å². The van der Waals surface area contributed by atoms with E-state index in [2.05, 4.69) is 4.90 Å². The molecule has 4 nitrogen and oxygen atoms in total. The first-order valence-corrected chi connectivity index (χ1v) is 4.15. The van der Waals surface area contributed by atoms with Gasteiger partial charge in [0.1, 0.15) is 12.2 Å². The molecule has 1 N–H and O–H groups in total. The van der Waals surface area contributed by atoms with Crippen molar-refractivity contribution in [1.82, 2.24) is 4.90 Å². The zero-order valence-corrected chi connectivity index (χ0v) is 7.41. The molecule has 0 spiro atoms. The van der Waals surface area contributed by atoms with Crippen LogP contribution in [-0.2, 0) is 24.3 Å². The van der Waals surface area contributed by atoms with Gasteiger partial charge in [0.25, 0.3) is 0 Å². The number of hydrogen-bond donors (Lipinski definition) is 1. The first-order chi connectivity index (χ1) is 6.16. The molecule has 0 radical (unpaired) electrons. The van der Waals surface area contributed by atoms with Gasteiger partial charge in [-0.05, 0) is 7.05 Å². The van der Waals surface area contributed by atoms with E-state index in [1.807, 2.05) is 7.05 Å². The monoisotopic (exact) mass is 181 g/mol. The molecule has 0 unspecified atom stereocenters. The molecule has 0 saturated carbocycles. The van der Waals surface area contributed by atoms with Crippen molar-refractivity contribution in [2.45, 2.75) is 19.5 Å². The van der Waals surface area contributed by atoms with Crippen LogP contribution >= 0.6 is 0 Å². The fraction of sp³-hybridized carbons (Fsp3) is 0.444. The lowest BCUT2D eigenvalue weighted by Gasteiger charge is -2.04. The molecule has 1 aliphatic heterocycles. The Kier molecular flexibility index (Phi) is 1.84. The number of carboxylic acid groups (broad SMARTS) is 1. The minimum Gasteiger partial charge on any atom is -0.481 e. The maximum atomic E-state index is 10.5. The number of aliphatic carboxylic acids is 1. The molecule has 0 aliphatic carbocycles. The Morgan fingerprint density at radius 2 is 2.46 bits per heavy atom. The van der Waals surface area contributed by atoms with Crippen LogP contribution in [0, 0.1) is 0 Å². The molecule has 0 saturated heterocycles. The van der Waals surface area contributed by atoms with E-state index < -0.39 is 5.97 Å². The van der Waals surface area contributed by atoms with E-state index in [-0.39, 0.29) is 6.42 Å². The van der Waals surface area contributed by atoms with Crippen molar-refractivity contribution in [2.24, 2.45) is 0 Å². The molecule has 0 bridgehead atoms. The van der Waals surface area contributed by atoms with Crippen LogP contribution in [0.25, 0.3) is 0 Å². The molecular formula is C9H11NO3. The standard InChI is InChI=1S/C9H11NO3/c1-10-3-6-5-13-8(2-9(11)12)7(6)4-10/h5H,2-4H2,1H3,(H,11,12). The maximum Gasteiger partial charge on any atom is 0.311 e. The smallest absolute Gasteiger partial charge is 0.311 e. The summed E-state index contributed by atoms with van der Waals surface area (Å²) in [6, 6.07) is 0. The molecule has 1 aromatic heterocycles. The highest BCUT2D eigenvalue weighted by molar-refractivity contribution is 5.70. The lowest BCUT2D eigenvalue weighted by molar-refractivity contribution is -0.136. The van der Waals surface area contributed by atoms with Crippen molar-refractivity contribution in [1.29, 1.82) is 0 Å². The Labute approximate surface area is 75.8 Å². The third-order valence-electron chi connectivity index (χ3n) is 2.25. The first-order valence-electron chi connectivity index (χ1n) is 4.15. The molecule has 0 fully saturated rings. The molecule has 70 valence electrons. The molecule has 0 atom stereocenters. The van der Waals surface area contributed by atoms with E-state index in [1.165, 1.54) is 0 Å². The molecular weight excluding hydrogens is 170 g/mol. The lowest BCUT2D eigenvalue weighted by atomic mass is 10.1. The summed E-state index contributed by atoms with van der Waals surface area (Å²) < 4.78 is 5.19. The Morgan fingerprint density at radius 1 is 1.69 bits per heavy atom. The second kappa shape index (κ2) is 2.88. The van der Waals surface area contributed by atoms with Crippen LogP contribution in [0.5, 0.6) is 0 Å². The number of carboxylic acids is 1. The highest BCUT2D eigenvalue weighted by atomic mass is 16.4. The largest absolute Gasteiger partial charge is 0.481 e. The fourth-order valence-corrected chi connectivity index (χ4v) is 1.69. The fourth-order valence-electron chi connectivity index (χ4n) is 1.69. The number of carbonyl (C=O) groups is 1. The number of fused-ring (bicyclic) bond motifs is 1. The van der Waals surface area contributed by atoms with Crippen molar-refractivity contribution >= 4 is 5.97 Å². The highest BCUT2D eigenvalue weighted by Crippen LogP contribution is 2.26. The van der Waals surface area contributed by atoms with Crippen molar-refractivity contribution in [2.75, 3.05) is 7.05 Å². The number of nitrogens with zero attached hydrogens (tertiary/aromatic N) is 1. The van der Waals surface area contributed by atoms with Gasteiger partial charge in [-0.1, -0.05) is 0 Å². The summed E-state index contributed by atoms with van der Waals surface area (Å²) in [6.45, 7) is 1.66. The van der Waals surface area contributed by atoms with E-state index in [0.29, 0.717) is 5.76 Å². The predicted molar refractivity (Wildman–Crippen MR) is 45.2 cm³/mol. The van der Waals surface area contributed by atoms with Crippen LogP contribution < -0.4 is 0 Å². The van der Waals surface area contributed by atoms with Gasteiger partial charge < -0.3 is 9.52 Å². The summed E-state index contributed by atoms with van der Waals surface area (Å²) in [6.07, 6.45) is 1.65. The van der Waals surface area contributed by atoms with Gasteiger partial charge in [-0.3, -0.25) is 9.69 Å². The summed E-state index contributed by atoms with van der Waals surface area (Å²) in [5.74, 6) is -0.237. The SMILES string of the molecule is CN1Cc2coc(CC(=O)O)c2C1. The second-order valence-corrected chi connectivity index (χ2v) is 3.41. The van der Waals surface area contributed by atoms with Crippen molar-refractivity contribution in [3.8, 4) is 0 Å². The highest BCUT2D eigenvalue weighted by Gasteiger charge is 2.23.